The highest BCUT2D eigenvalue weighted by atomic mass is 32.2. The number of piperidine rings is 2. The van der Waals surface area contributed by atoms with E-state index in [1.807, 2.05) is 0 Å². The second-order valence-corrected chi connectivity index (χ2v) is 8.94. The highest BCUT2D eigenvalue weighted by Gasteiger charge is 2.35. The van der Waals surface area contributed by atoms with Crippen LogP contribution in [0.25, 0.3) is 0 Å². The number of hydrogen-bond donors (Lipinski definition) is 1. The van der Waals surface area contributed by atoms with Crippen molar-refractivity contribution < 1.29 is 0 Å². The Bertz CT molecular complexity index is 270. The summed E-state index contributed by atoms with van der Waals surface area (Å²) in [5, 5.41) is 4.62. The molecule has 1 N–H and O–H groups in total. The van der Waals surface area contributed by atoms with E-state index < -0.39 is 0 Å². The lowest BCUT2D eigenvalue weighted by atomic mass is 9.91. The molecule has 0 spiro atoms. The lowest BCUT2D eigenvalue weighted by Crippen LogP contribution is -2.56. The topological polar surface area (TPSA) is 15.3 Å². The van der Waals surface area contributed by atoms with E-state index in [4.69, 9.17) is 0 Å². The minimum atomic E-state index is 0.715. The molecule has 124 valence electrons. The molecule has 2 nitrogen and oxygen atoms in total. The summed E-state index contributed by atoms with van der Waals surface area (Å²) in [4.78, 5) is 2.80. The molecule has 0 aliphatic carbocycles. The van der Waals surface area contributed by atoms with Crippen molar-refractivity contribution in [2.75, 3.05) is 36.9 Å². The number of likely N-dealkylation sites (tertiary alicyclic amines) is 1. The highest BCUT2D eigenvalue weighted by Crippen LogP contribution is 2.32. The first-order chi connectivity index (χ1) is 10.4. The summed E-state index contributed by atoms with van der Waals surface area (Å²) in [6.45, 7) is 8.50. The van der Waals surface area contributed by atoms with Gasteiger partial charge in [0.25, 0.3) is 0 Å². The average molecular weight is 331 g/mol. The number of rotatable bonds is 8. The quantitative estimate of drug-likeness (QED) is 0.721. The molecule has 2 saturated heterocycles. The van der Waals surface area contributed by atoms with Gasteiger partial charge in [-0.05, 0) is 74.9 Å². The van der Waals surface area contributed by atoms with Gasteiger partial charge in [-0.2, -0.15) is 11.8 Å². The molecule has 2 fully saturated rings. The smallest absolute Gasteiger partial charge is 0.0715 e. The van der Waals surface area contributed by atoms with Gasteiger partial charge in [0, 0.05) is 6.04 Å². The third-order valence-corrected chi connectivity index (χ3v) is 7.38. The van der Waals surface area contributed by atoms with Gasteiger partial charge in [0.05, 0.1) is 5.37 Å². The number of nitrogens with one attached hydrogen (secondary N) is 1. The van der Waals surface area contributed by atoms with Crippen molar-refractivity contribution in [1.29, 1.82) is 0 Å². The first-order valence-corrected chi connectivity index (χ1v) is 11.2. The molecule has 2 aliphatic rings. The van der Waals surface area contributed by atoms with Gasteiger partial charge in [-0.15, -0.1) is 11.8 Å². The first kappa shape index (κ1) is 18.0. The maximum Gasteiger partial charge on any atom is 0.0715 e. The van der Waals surface area contributed by atoms with Gasteiger partial charge in [0.15, 0.2) is 0 Å². The van der Waals surface area contributed by atoms with E-state index in [9.17, 15) is 0 Å². The van der Waals surface area contributed by atoms with Crippen molar-refractivity contribution in [1.82, 2.24) is 10.2 Å². The van der Waals surface area contributed by atoms with Crippen LogP contribution in [0.3, 0.4) is 0 Å². The standard InChI is InChI=1S/C17H34N2S2/c1-3-13-21-17(19-11-6-5-7-12-19)16-15(14-20-4-2)9-8-10-18-16/h15-18H,3-14H2,1-2H3. The van der Waals surface area contributed by atoms with Crippen LogP contribution in [0.1, 0.15) is 52.4 Å². The number of thioether (sulfide) groups is 2. The van der Waals surface area contributed by atoms with E-state index in [1.165, 1.54) is 75.4 Å². The second-order valence-electron chi connectivity index (χ2n) is 6.40. The van der Waals surface area contributed by atoms with Gasteiger partial charge in [-0.3, -0.25) is 4.90 Å². The molecule has 0 radical (unpaired) electrons. The van der Waals surface area contributed by atoms with E-state index in [2.05, 4.69) is 47.6 Å². The molecule has 0 amide bonds. The Morgan fingerprint density at radius 3 is 2.67 bits per heavy atom. The number of nitrogens with zero attached hydrogens (tertiary/aromatic N) is 1. The molecule has 2 aliphatic heterocycles. The predicted molar refractivity (Wildman–Crippen MR) is 99.5 cm³/mol. The summed E-state index contributed by atoms with van der Waals surface area (Å²) >= 11 is 4.36. The van der Waals surface area contributed by atoms with Crippen molar-refractivity contribution >= 4 is 23.5 Å². The molecular formula is C17H34N2S2. The maximum absolute atomic E-state index is 3.91. The van der Waals surface area contributed by atoms with Crippen molar-refractivity contribution in [2.45, 2.75) is 63.8 Å². The van der Waals surface area contributed by atoms with E-state index in [0.717, 1.165) is 5.92 Å². The largest absolute Gasteiger partial charge is 0.311 e. The summed E-state index contributed by atoms with van der Waals surface area (Å²) in [5.74, 6) is 4.80. The van der Waals surface area contributed by atoms with Crippen LogP contribution >= 0.6 is 23.5 Å². The van der Waals surface area contributed by atoms with Crippen molar-refractivity contribution in [3.8, 4) is 0 Å². The van der Waals surface area contributed by atoms with E-state index in [1.54, 1.807) is 0 Å². The van der Waals surface area contributed by atoms with Gasteiger partial charge in [0.1, 0.15) is 0 Å². The zero-order chi connectivity index (χ0) is 14.9. The Balaban J connectivity index is 2.00. The van der Waals surface area contributed by atoms with Gasteiger partial charge in [-0.25, -0.2) is 0 Å². The molecule has 0 aromatic heterocycles. The third-order valence-electron chi connectivity index (χ3n) is 4.73. The molecule has 21 heavy (non-hydrogen) atoms. The zero-order valence-electron chi connectivity index (χ0n) is 14.0. The van der Waals surface area contributed by atoms with Crippen LogP contribution in [0.4, 0.5) is 0 Å². The second kappa shape index (κ2) is 10.4. The van der Waals surface area contributed by atoms with Crippen LogP contribution in [0.15, 0.2) is 0 Å². The lowest BCUT2D eigenvalue weighted by molar-refractivity contribution is 0.149. The summed E-state index contributed by atoms with van der Waals surface area (Å²) in [7, 11) is 0. The van der Waals surface area contributed by atoms with Gasteiger partial charge >= 0.3 is 0 Å². The molecule has 0 bridgehead atoms. The van der Waals surface area contributed by atoms with Gasteiger partial charge in [0.2, 0.25) is 0 Å². The minimum Gasteiger partial charge on any atom is -0.311 e. The lowest BCUT2D eigenvalue weighted by Gasteiger charge is -2.44. The Morgan fingerprint density at radius 2 is 1.95 bits per heavy atom. The summed E-state index contributed by atoms with van der Waals surface area (Å²) < 4.78 is 0. The molecule has 0 aromatic carbocycles. The van der Waals surface area contributed by atoms with Gasteiger partial charge < -0.3 is 5.32 Å². The predicted octanol–water partition coefficient (Wildman–Crippen LogP) is 4.06. The van der Waals surface area contributed by atoms with Crippen LogP contribution in [0, 0.1) is 5.92 Å². The molecule has 3 atom stereocenters. The van der Waals surface area contributed by atoms with Crippen molar-refractivity contribution in [3.05, 3.63) is 0 Å². The van der Waals surface area contributed by atoms with E-state index in [0.29, 0.717) is 11.4 Å². The third kappa shape index (κ3) is 5.63. The van der Waals surface area contributed by atoms with Crippen LogP contribution in [-0.4, -0.2) is 53.2 Å². The summed E-state index contributed by atoms with van der Waals surface area (Å²) in [6.07, 6.45) is 8.36. The molecule has 2 heterocycles. The van der Waals surface area contributed by atoms with Crippen LogP contribution in [0.2, 0.25) is 0 Å². The van der Waals surface area contributed by atoms with Crippen LogP contribution in [0.5, 0.6) is 0 Å². The monoisotopic (exact) mass is 330 g/mol. The minimum absolute atomic E-state index is 0.715. The molecule has 2 rings (SSSR count). The fourth-order valence-electron chi connectivity index (χ4n) is 3.62. The first-order valence-electron chi connectivity index (χ1n) is 9.03. The molecule has 0 aromatic rings. The van der Waals surface area contributed by atoms with Crippen molar-refractivity contribution in [3.63, 3.8) is 0 Å². The average Bonchev–Trinajstić information content (AvgIpc) is 2.55. The Labute approximate surface area is 140 Å². The number of hydrogen-bond acceptors (Lipinski definition) is 4. The van der Waals surface area contributed by atoms with Crippen LogP contribution in [-0.2, 0) is 0 Å². The molecular weight excluding hydrogens is 296 g/mol. The van der Waals surface area contributed by atoms with Crippen LogP contribution < -0.4 is 5.32 Å². The maximum atomic E-state index is 3.91. The normalized spacial score (nSPS) is 29.4. The molecule has 3 unspecified atom stereocenters. The Hall–Kier alpha value is 0.620. The molecule has 4 heteroatoms. The van der Waals surface area contributed by atoms with Gasteiger partial charge in [-0.1, -0.05) is 20.3 Å². The van der Waals surface area contributed by atoms with E-state index in [-0.39, 0.29) is 0 Å². The Kier molecular flexibility index (Phi) is 8.90. The fraction of sp³-hybridized carbons (Fsp3) is 1.00. The summed E-state index contributed by atoms with van der Waals surface area (Å²) in [5.41, 5.74) is 0. The SMILES string of the molecule is CCCSC(C1NCCCC1CSCC)N1CCCCC1. The van der Waals surface area contributed by atoms with E-state index >= 15 is 0 Å². The fourth-order valence-corrected chi connectivity index (χ4v) is 5.95. The Morgan fingerprint density at radius 1 is 1.14 bits per heavy atom. The highest BCUT2D eigenvalue weighted by molar-refractivity contribution is 8.00. The zero-order valence-corrected chi connectivity index (χ0v) is 15.6. The van der Waals surface area contributed by atoms with Crippen molar-refractivity contribution in [2.24, 2.45) is 5.92 Å². The summed E-state index contributed by atoms with van der Waals surface area (Å²) in [6, 6.07) is 0.715. The molecule has 0 saturated carbocycles.